The first kappa shape index (κ1) is 15.0. The van der Waals surface area contributed by atoms with Gasteiger partial charge in [-0.25, -0.2) is 9.97 Å². The molecule has 2 rings (SSSR count). The topological polar surface area (TPSA) is 59.1 Å². The van der Waals surface area contributed by atoms with Gasteiger partial charge in [0, 0.05) is 31.2 Å². The van der Waals surface area contributed by atoms with Gasteiger partial charge in [-0.1, -0.05) is 13.8 Å². The second-order valence-corrected chi connectivity index (χ2v) is 5.70. The van der Waals surface area contributed by atoms with Crippen LogP contribution in [0, 0.1) is 6.92 Å². The van der Waals surface area contributed by atoms with Crippen LogP contribution in [0.4, 0.5) is 11.6 Å². The van der Waals surface area contributed by atoms with Crippen molar-refractivity contribution in [3.05, 3.63) is 11.4 Å². The minimum atomic E-state index is 0.320. The lowest BCUT2D eigenvalue weighted by Crippen LogP contribution is -2.41. The highest BCUT2D eigenvalue weighted by Gasteiger charge is 2.30. The molecule has 1 aliphatic rings. The predicted molar refractivity (Wildman–Crippen MR) is 82.5 cm³/mol. The minimum absolute atomic E-state index is 0.320. The zero-order valence-corrected chi connectivity index (χ0v) is 13.2. The quantitative estimate of drug-likeness (QED) is 0.838. The Morgan fingerprint density at radius 1 is 1.25 bits per heavy atom. The van der Waals surface area contributed by atoms with Gasteiger partial charge in [-0.15, -0.1) is 0 Å². The number of aromatic nitrogens is 2. The monoisotopic (exact) mass is 278 g/mol. The van der Waals surface area contributed by atoms with Crippen molar-refractivity contribution in [2.75, 3.05) is 24.3 Å². The Kier molecular flexibility index (Phi) is 4.81. The summed E-state index contributed by atoms with van der Waals surface area (Å²) in [5.74, 6) is 3.06. The van der Waals surface area contributed by atoms with Crippen LogP contribution in [0.5, 0.6) is 0 Å². The van der Waals surface area contributed by atoms with Crippen LogP contribution >= 0.6 is 0 Å². The Morgan fingerprint density at radius 2 is 1.90 bits per heavy atom. The van der Waals surface area contributed by atoms with Crippen LogP contribution in [0.2, 0.25) is 0 Å². The molecule has 0 spiro atoms. The molecule has 112 valence electrons. The zero-order chi connectivity index (χ0) is 14.7. The van der Waals surface area contributed by atoms with E-state index >= 15 is 0 Å². The largest absolute Gasteiger partial charge is 0.378 e. The van der Waals surface area contributed by atoms with Gasteiger partial charge in [0.15, 0.2) is 0 Å². The molecule has 5 heteroatoms. The van der Waals surface area contributed by atoms with Gasteiger partial charge >= 0.3 is 0 Å². The SMILES string of the molecule is CCOC1CC(Nc2nc(C(C)C)nc(NC)c2C)C1. The summed E-state index contributed by atoms with van der Waals surface area (Å²) in [7, 11) is 1.90. The Hall–Kier alpha value is -1.36. The van der Waals surface area contributed by atoms with E-state index in [0.717, 1.165) is 42.5 Å². The third-order valence-electron chi connectivity index (χ3n) is 3.75. The van der Waals surface area contributed by atoms with Crippen molar-refractivity contribution in [1.82, 2.24) is 9.97 Å². The first-order chi connectivity index (χ1) is 9.55. The average molecular weight is 278 g/mol. The fourth-order valence-electron chi connectivity index (χ4n) is 2.42. The van der Waals surface area contributed by atoms with Crippen molar-refractivity contribution in [3.8, 4) is 0 Å². The lowest BCUT2D eigenvalue weighted by atomic mass is 9.89. The van der Waals surface area contributed by atoms with Gasteiger partial charge in [0.25, 0.3) is 0 Å². The molecule has 0 atom stereocenters. The highest BCUT2D eigenvalue weighted by atomic mass is 16.5. The Bertz CT molecular complexity index is 455. The van der Waals surface area contributed by atoms with E-state index in [1.165, 1.54) is 0 Å². The molecular formula is C15H26N4O. The molecule has 5 nitrogen and oxygen atoms in total. The summed E-state index contributed by atoms with van der Waals surface area (Å²) in [4.78, 5) is 9.23. The molecule has 0 bridgehead atoms. The van der Waals surface area contributed by atoms with E-state index in [1.807, 2.05) is 14.0 Å². The average Bonchev–Trinajstić information content (AvgIpc) is 2.38. The summed E-state index contributed by atoms with van der Waals surface area (Å²) in [6.45, 7) is 9.12. The van der Waals surface area contributed by atoms with Crippen molar-refractivity contribution >= 4 is 11.6 Å². The summed E-state index contributed by atoms with van der Waals surface area (Å²) in [5, 5.41) is 6.69. The van der Waals surface area contributed by atoms with E-state index in [0.29, 0.717) is 18.1 Å². The maximum atomic E-state index is 5.60. The molecule has 1 aromatic heterocycles. The standard InChI is InChI=1S/C15H26N4O/c1-6-20-12-7-11(8-12)17-15-10(4)14(16-5)18-13(19-15)9(2)3/h9,11-12H,6-8H2,1-5H3,(H2,16,17,18,19). The van der Waals surface area contributed by atoms with E-state index in [-0.39, 0.29) is 0 Å². The number of nitrogens with zero attached hydrogens (tertiary/aromatic N) is 2. The molecule has 0 unspecified atom stereocenters. The van der Waals surface area contributed by atoms with Gasteiger partial charge in [-0.2, -0.15) is 0 Å². The summed E-state index contributed by atoms with van der Waals surface area (Å²) < 4.78 is 5.60. The molecule has 0 saturated heterocycles. The zero-order valence-electron chi connectivity index (χ0n) is 13.2. The molecule has 0 aliphatic heterocycles. The molecule has 1 heterocycles. The van der Waals surface area contributed by atoms with Crippen LogP contribution in [0.1, 0.15) is 50.9 Å². The lowest BCUT2D eigenvalue weighted by molar-refractivity contribution is 0.00291. The third-order valence-corrected chi connectivity index (χ3v) is 3.75. The van der Waals surface area contributed by atoms with Gasteiger partial charge in [0.05, 0.1) is 6.10 Å². The fourth-order valence-corrected chi connectivity index (χ4v) is 2.42. The predicted octanol–water partition coefficient (Wildman–Crippen LogP) is 2.93. The van der Waals surface area contributed by atoms with Gasteiger partial charge in [-0.3, -0.25) is 0 Å². The molecule has 1 aliphatic carbocycles. The summed E-state index contributed by atoms with van der Waals surface area (Å²) in [6, 6.07) is 0.463. The van der Waals surface area contributed by atoms with Crippen molar-refractivity contribution in [2.24, 2.45) is 0 Å². The molecule has 0 amide bonds. The van der Waals surface area contributed by atoms with Crippen LogP contribution in [-0.4, -0.2) is 35.8 Å². The first-order valence-electron chi connectivity index (χ1n) is 7.49. The van der Waals surface area contributed by atoms with E-state index in [9.17, 15) is 0 Å². The van der Waals surface area contributed by atoms with Crippen molar-refractivity contribution < 1.29 is 4.74 Å². The number of rotatable bonds is 6. The number of hydrogen-bond donors (Lipinski definition) is 2. The maximum absolute atomic E-state index is 5.60. The molecule has 20 heavy (non-hydrogen) atoms. The number of hydrogen-bond acceptors (Lipinski definition) is 5. The molecule has 1 aromatic rings. The summed E-state index contributed by atoms with van der Waals surface area (Å²) in [5.41, 5.74) is 1.08. The Labute approximate surface area is 121 Å². The normalized spacial score (nSPS) is 21.7. The third kappa shape index (κ3) is 3.20. The Morgan fingerprint density at radius 3 is 2.45 bits per heavy atom. The lowest BCUT2D eigenvalue weighted by Gasteiger charge is -2.36. The van der Waals surface area contributed by atoms with Crippen molar-refractivity contribution in [3.63, 3.8) is 0 Å². The highest BCUT2D eigenvalue weighted by Crippen LogP contribution is 2.29. The number of nitrogens with one attached hydrogen (secondary N) is 2. The minimum Gasteiger partial charge on any atom is -0.378 e. The smallest absolute Gasteiger partial charge is 0.135 e. The molecule has 0 radical (unpaired) electrons. The number of ether oxygens (including phenoxy) is 1. The van der Waals surface area contributed by atoms with E-state index in [4.69, 9.17) is 4.74 Å². The molecule has 1 fully saturated rings. The van der Waals surface area contributed by atoms with Crippen LogP contribution in [0.25, 0.3) is 0 Å². The highest BCUT2D eigenvalue weighted by molar-refractivity contribution is 5.57. The Balaban J connectivity index is 2.09. The summed E-state index contributed by atoms with van der Waals surface area (Å²) >= 11 is 0. The molecule has 2 N–H and O–H groups in total. The molecule has 1 saturated carbocycles. The van der Waals surface area contributed by atoms with E-state index < -0.39 is 0 Å². The molecular weight excluding hydrogens is 252 g/mol. The molecule has 0 aromatic carbocycles. The van der Waals surface area contributed by atoms with Crippen LogP contribution < -0.4 is 10.6 Å². The van der Waals surface area contributed by atoms with Gasteiger partial charge in [0.2, 0.25) is 0 Å². The maximum Gasteiger partial charge on any atom is 0.135 e. The van der Waals surface area contributed by atoms with E-state index in [1.54, 1.807) is 0 Å². The van der Waals surface area contributed by atoms with Crippen molar-refractivity contribution in [1.29, 1.82) is 0 Å². The van der Waals surface area contributed by atoms with Crippen LogP contribution in [0.3, 0.4) is 0 Å². The second-order valence-electron chi connectivity index (χ2n) is 5.70. The second kappa shape index (κ2) is 6.39. The number of anilines is 2. The fraction of sp³-hybridized carbons (Fsp3) is 0.733. The van der Waals surface area contributed by atoms with E-state index in [2.05, 4.69) is 41.4 Å². The van der Waals surface area contributed by atoms with Gasteiger partial charge in [-0.05, 0) is 26.7 Å². The van der Waals surface area contributed by atoms with Gasteiger partial charge < -0.3 is 15.4 Å². The van der Waals surface area contributed by atoms with Gasteiger partial charge in [0.1, 0.15) is 17.5 Å². The van der Waals surface area contributed by atoms with Crippen LogP contribution in [-0.2, 0) is 4.74 Å². The first-order valence-corrected chi connectivity index (χ1v) is 7.49. The van der Waals surface area contributed by atoms with Crippen LogP contribution in [0.15, 0.2) is 0 Å². The van der Waals surface area contributed by atoms with Crippen molar-refractivity contribution in [2.45, 2.75) is 58.6 Å². The summed E-state index contributed by atoms with van der Waals surface area (Å²) in [6.07, 6.45) is 2.53.